The number of unbranched alkanes of at least 4 members (excludes halogenated alkanes) is 2. The fourth-order valence-electron chi connectivity index (χ4n) is 1.25. The molecule has 3 nitrogen and oxygen atoms in total. The Balaban J connectivity index is 0. The van der Waals surface area contributed by atoms with Crippen LogP contribution in [0.2, 0.25) is 0 Å². The molecule has 0 atom stereocenters. The summed E-state index contributed by atoms with van der Waals surface area (Å²) in [7, 11) is 0. The predicted octanol–water partition coefficient (Wildman–Crippen LogP) is 3.06. The van der Waals surface area contributed by atoms with Gasteiger partial charge in [-0.2, -0.15) is 0 Å². The maximum atomic E-state index is 10.0. The van der Waals surface area contributed by atoms with Crippen LogP contribution in [0.25, 0.3) is 0 Å². The molecule has 0 unspecified atom stereocenters. The average Bonchev–Trinajstić information content (AvgIpc) is 2.19. The molecule has 4 heteroatoms. The Labute approximate surface area is 119 Å². The minimum absolute atomic E-state index is 0. The first-order chi connectivity index (χ1) is 7.18. The quantitative estimate of drug-likeness (QED) is 0.498. The molecule has 0 aliphatic rings. The summed E-state index contributed by atoms with van der Waals surface area (Å²) in [6, 6.07) is 0. The zero-order chi connectivity index (χ0) is 11.6. The van der Waals surface area contributed by atoms with E-state index in [1.807, 2.05) is 6.92 Å². The second-order valence-corrected chi connectivity index (χ2v) is 3.87. The Morgan fingerprint density at radius 2 is 1.31 bits per heavy atom. The number of hydrogen-bond donors (Lipinski definition) is 1. The largest absolute Gasteiger partial charge is 0.343 e. The van der Waals surface area contributed by atoms with Crippen LogP contribution in [-0.2, 0) is 35.7 Å². The van der Waals surface area contributed by atoms with Gasteiger partial charge in [0.25, 0.3) is 5.97 Å². The molecule has 0 amide bonds. The van der Waals surface area contributed by atoms with Crippen LogP contribution >= 0.6 is 0 Å². The number of aliphatic hydroxyl groups is 1. The summed E-state index contributed by atoms with van der Waals surface area (Å²) in [4.78, 5) is 0. The molecule has 0 aromatic heterocycles. The summed E-state index contributed by atoms with van der Waals surface area (Å²) in [6.45, 7) is 7.34. The fourth-order valence-corrected chi connectivity index (χ4v) is 1.25. The topological polar surface area (TPSA) is 38.7 Å². The van der Waals surface area contributed by atoms with E-state index >= 15 is 0 Å². The Morgan fingerprint density at radius 3 is 1.62 bits per heavy atom. The first kappa shape index (κ1) is 19.1. The van der Waals surface area contributed by atoms with E-state index in [1.54, 1.807) is 0 Å². The molecule has 0 aliphatic carbocycles. The molecular weight excluding hydrogens is 283 g/mol. The maximum Gasteiger partial charge on any atom is 0.280 e. The normalized spacial score (nSPS) is 11.2. The summed E-state index contributed by atoms with van der Waals surface area (Å²) < 4.78 is 10.8. The zero-order valence-corrected chi connectivity index (χ0v) is 13.4. The van der Waals surface area contributed by atoms with E-state index in [1.165, 1.54) is 0 Å². The van der Waals surface area contributed by atoms with Gasteiger partial charge in [0.05, 0.1) is 13.2 Å². The second kappa shape index (κ2) is 12.2. The number of ether oxygens (including phenoxy) is 2. The average molecular weight is 310 g/mol. The van der Waals surface area contributed by atoms with Gasteiger partial charge in [0.2, 0.25) is 0 Å². The van der Waals surface area contributed by atoms with Gasteiger partial charge in [-0.1, -0.05) is 33.6 Å². The molecule has 0 aliphatic heterocycles. The molecule has 0 fully saturated rings. The van der Waals surface area contributed by atoms with E-state index < -0.39 is 5.97 Å². The Hall–Kier alpha value is 0.763. The van der Waals surface area contributed by atoms with Gasteiger partial charge in [0, 0.05) is 32.6 Å². The molecule has 16 heavy (non-hydrogen) atoms. The van der Waals surface area contributed by atoms with Crippen molar-refractivity contribution in [3.05, 3.63) is 0 Å². The summed E-state index contributed by atoms with van der Waals surface area (Å²) >= 11 is 0. The SMILES string of the molecule is CCCCOC(O)(CCC)OCCCC.[Zr]. The number of hydrogen-bond acceptors (Lipinski definition) is 3. The van der Waals surface area contributed by atoms with E-state index in [2.05, 4.69) is 13.8 Å². The van der Waals surface area contributed by atoms with Crippen LogP contribution in [0.4, 0.5) is 0 Å². The molecule has 0 rings (SSSR count). The van der Waals surface area contributed by atoms with Crippen molar-refractivity contribution in [2.75, 3.05) is 13.2 Å². The smallest absolute Gasteiger partial charge is 0.280 e. The third-order valence-corrected chi connectivity index (χ3v) is 2.22. The van der Waals surface area contributed by atoms with Crippen molar-refractivity contribution >= 4 is 0 Å². The fraction of sp³-hybridized carbons (Fsp3) is 1.00. The van der Waals surface area contributed by atoms with Crippen LogP contribution in [0.1, 0.15) is 59.3 Å². The molecule has 0 bridgehead atoms. The van der Waals surface area contributed by atoms with Gasteiger partial charge in [0.1, 0.15) is 0 Å². The predicted molar refractivity (Wildman–Crippen MR) is 61.6 cm³/mol. The van der Waals surface area contributed by atoms with E-state index in [0.29, 0.717) is 19.6 Å². The van der Waals surface area contributed by atoms with E-state index in [-0.39, 0.29) is 26.2 Å². The minimum Gasteiger partial charge on any atom is -0.343 e. The van der Waals surface area contributed by atoms with Crippen molar-refractivity contribution in [1.29, 1.82) is 0 Å². The molecule has 0 saturated carbocycles. The Morgan fingerprint density at radius 1 is 0.875 bits per heavy atom. The zero-order valence-electron chi connectivity index (χ0n) is 10.9. The van der Waals surface area contributed by atoms with Crippen LogP contribution < -0.4 is 0 Å². The first-order valence-corrected chi connectivity index (χ1v) is 6.18. The van der Waals surface area contributed by atoms with Crippen LogP contribution in [0.15, 0.2) is 0 Å². The summed E-state index contributed by atoms with van der Waals surface area (Å²) in [5.74, 6) is -1.35. The van der Waals surface area contributed by atoms with Crippen LogP contribution in [-0.4, -0.2) is 24.3 Å². The van der Waals surface area contributed by atoms with Gasteiger partial charge in [0.15, 0.2) is 0 Å². The van der Waals surface area contributed by atoms with Gasteiger partial charge >= 0.3 is 0 Å². The van der Waals surface area contributed by atoms with Gasteiger partial charge in [-0.05, 0) is 19.3 Å². The molecule has 0 spiro atoms. The van der Waals surface area contributed by atoms with E-state index in [4.69, 9.17) is 9.47 Å². The summed E-state index contributed by atoms with van der Waals surface area (Å²) in [6.07, 6.45) is 5.45. The van der Waals surface area contributed by atoms with Crippen LogP contribution in [0, 0.1) is 0 Å². The van der Waals surface area contributed by atoms with Crippen molar-refractivity contribution in [1.82, 2.24) is 0 Å². The van der Waals surface area contributed by atoms with Gasteiger partial charge in [-0.15, -0.1) is 0 Å². The molecule has 0 heterocycles. The Bertz CT molecular complexity index is 132. The van der Waals surface area contributed by atoms with Crippen LogP contribution in [0.5, 0.6) is 0 Å². The van der Waals surface area contributed by atoms with E-state index in [0.717, 1.165) is 32.1 Å². The van der Waals surface area contributed by atoms with E-state index in [9.17, 15) is 5.11 Å². The molecule has 0 aromatic carbocycles. The molecule has 0 radical (unpaired) electrons. The monoisotopic (exact) mass is 308 g/mol. The summed E-state index contributed by atoms with van der Waals surface area (Å²) in [5.41, 5.74) is 0. The van der Waals surface area contributed by atoms with Gasteiger partial charge in [-0.3, -0.25) is 0 Å². The van der Waals surface area contributed by atoms with Crippen molar-refractivity contribution in [3.63, 3.8) is 0 Å². The molecular formula is C12H26O3Zr. The van der Waals surface area contributed by atoms with Gasteiger partial charge in [-0.25, -0.2) is 0 Å². The van der Waals surface area contributed by atoms with Gasteiger partial charge < -0.3 is 14.6 Å². The maximum absolute atomic E-state index is 10.0. The number of rotatable bonds is 10. The second-order valence-electron chi connectivity index (χ2n) is 3.87. The van der Waals surface area contributed by atoms with Crippen molar-refractivity contribution in [3.8, 4) is 0 Å². The molecule has 1 N–H and O–H groups in total. The molecule has 96 valence electrons. The third-order valence-electron chi connectivity index (χ3n) is 2.22. The minimum atomic E-state index is -1.35. The summed E-state index contributed by atoms with van der Waals surface area (Å²) in [5, 5.41) is 10.0. The third kappa shape index (κ3) is 9.95. The van der Waals surface area contributed by atoms with Crippen molar-refractivity contribution in [2.45, 2.75) is 65.3 Å². The standard InChI is InChI=1S/C12H26O3.Zr/c1-4-7-10-14-12(13,9-6-3)15-11-8-5-2;/h13H,4-11H2,1-3H3;. The first-order valence-electron chi connectivity index (χ1n) is 6.18. The van der Waals surface area contributed by atoms with Crippen molar-refractivity contribution in [2.24, 2.45) is 0 Å². The Kier molecular flexibility index (Phi) is 14.6. The van der Waals surface area contributed by atoms with Crippen molar-refractivity contribution < 1.29 is 40.8 Å². The molecule has 0 aromatic rings. The molecule has 0 saturated heterocycles. The van der Waals surface area contributed by atoms with Crippen LogP contribution in [0.3, 0.4) is 0 Å².